The first-order valence-corrected chi connectivity index (χ1v) is 9.14. The number of anilines is 1. The van der Waals surface area contributed by atoms with Crippen molar-refractivity contribution in [2.24, 2.45) is 5.92 Å². The van der Waals surface area contributed by atoms with Crippen LogP contribution in [0.2, 0.25) is 0 Å². The molecule has 27 heavy (non-hydrogen) atoms. The molecule has 3 heterocycles. The summed E-state index contributed by atoms with van der Waals surface area (Å²) in [4.78, 5) is 22.8. The molecule has 2 aliphatic rings. The molecule has 0 unspecified atom stereocenters. The number of nitrogens with one attached hydrogen (secondary N) is 1. The highest BCUT2D eigenvalue weighted by Gasteiger charge is 2.20. The summed E-state index contributed by atoms with van der Waals surface area (Å²) < 4.78 is 10.6. The number of hydrogen-bond acceptors (Lipinski definition) is 6. The van der Waals surface area contributed by atoms with Crippen molar-refractivity contribution in [2.45, 2.75) is 12.8 Å². The van der Waals surface area contributed by atoms with Crippen LogP contribution in [0.3, 0.4) is 0 Å². The third kappa shape index (κ3) is 4.36. The van der Waals surface area contributed by atoms with E-state index in [1.54, 1.807) is 30.7 Å². The van der Waals surface area contributed by atoms with E-state index in [-0.39, 0.29) is 12.7 Å². The Morgan fingerprint density at radius 2 is 2.07 bits per heavy atom. The van der Waals surface area contributed by atoms with Crippen LogP contribution in [0.25, 0.3) is 6.08 Å². The number of piperidine rings is 1. The lowest BCUT2D eigenvalue weighted by Crippen LogP contribution is -2.38. The molecule has 7 nitrogen and oxygen atoms in total. The lowest BCUT2D eigenvalue weighted by molar-refractivity contribution is -0.116. The maximum atomic E-state index is 12.1. The van der Waals surface area contributed by atoms with Crippen molar-refractivity contribution < 1.29 is 14.3 Å². The lowest BCUT2D eigenvalue weighted by Gasteiger charge is -2.32. The lowest BCUT2D eigenvalue weighted by atomic mass is 9.97. The van der Waals surface area contributed by atoms with Crippen molar-refractivity contribution in [3.05, 3.63) is 48.4 Å². The SMILES string of the molecule is O=C(/C=C/c1ccc2c(c1)OCO2)NCC1CCN(c2cnccn2)CC1. The van der Waals surface area contributed by atoms with E-state index in [9.17, 15) is 4.79 Å². The number of rotatable bonds is 5. The minimum Gasteiger partial charge on any atom is -0.454 e. The van der Waals surface area contributed by atoms with Gasteiger partial charge in [0.2, 0.25) is 12.7 Å². The molecule has 1 aromatic carbocycles. The fourth-order valence-electron chi connectivity index (χ4n) is 3.31. The fourth-order valence-corrected chi connectivity index (χ4v) is 3.31. The summed E-state index contributed by atoms with van der Waals surface area (Å²) in [5.41, 5.74) is 0.909. The van der Waals surface area contributed by atoms with E-state index in [0.29, 0.717) is 18.2 Å². The Kier molecular flexibility index (Phi) is 5.18. The highest BCUT2D eigenvalue weighted by Crippen LogP contribution is 2.32. The van der Waals surface area contributed by atoms with E-state index in [4.69, 9.17) is 9.47 Å². The third-order valence-corrected chi connectivity index (χ3v) is 4.88. The Labute approximate surface area is 158 Å². The Morgan fingerprint density at radius 3 is 2.89 bits per heavy atom. The summed E-state index contributed by atoms with van der Waals surface area (Å²) in [6, 6.07) is 5.62. The molecule has 2 aliphatic heterocycles. The van der Waals surface area contributed by atoms with Crippen LogP contribution in [0.1, 0.15) is 18.4 Å². The smallest absolute Gasteiger partial charge is 0.244 e. The highest BCUT2D eigenvalue weighted by atomic mass is 16.7. The second-order valence-electron chi connectivity index (χ2n) is 6.69. The van der Waals surface area contributed by atoms with Gasteiger partial charge in [-0.25, -0.2) is 4.98 Å². The fraction of sp³-hybridized carbons (Fsp3) is 0.350. The number of ether oxygens (including phenoxy) is 2. The molecule has 0 spiro atoms. The minimum atomic E-state index is -0.0796. The van der Waals surface area contributed by atoms with E-state index in [1.165, 1.54) is 0 Å². The van der Waals surface area contributed by atoms with Crippen LogP contribution in [0, 0.1) is 5.92 Å². The summed E-state index contributed by atoms with van der Waals surface area (Å²) in [6.07, 6.45) is 10.6. The Bertz CT molecular complexity index is 817. The summed E-state index contributed by atoms with van der Waals surface area (Å²) in [7, 11) is 0. The van der Waals surface area contributed by atoms with Crippen LogP contribution in [-0.2, 0) is 4.79 Å². The molecule has 1 N–H and O–H groups in total. The molecule has 0 aliphatic carbocycles. The van der Waals surface area contributed by atoms with Crippen molar-refractivity contribution in [1.29, 1.82) is 0 Å². The molecule has 1 amide bonds. The molecule has 0 saturated carbocycles. The zero-order chi connectivity index (χ0) is 18.5. The number of fused-ring (bicyclic) bond motifs is 1. The predicted octanol–water partition coefficient (Wildman–Crippen LogP) is 2.25. The predicted molar refractivity (Wildman–Crippen MR) is 102 cm³/mol. The second-order valence-corrected chi connectivity index (χ2v) is 6.69. The number of nitrogens with zero attached hydrogens (tertiary/aromatic N) is 3. The largest absolute Gasteiger partial charge is 0.454 e. The van der Waals surface area contributed by atoms with E-state index in [0.717, 1.165) is 43.1 Å². The number of carbonyl (C=O) groups excluding carboxylic acids is 1. The highest BCUT2D eigenvalue weighted by molar-refractivity contribution is 5.91. The number of hydrogen-bond donors (Lipinski definition) is 1. The van der Waals surface area contributed by atoms with E-state index in [2.05, 4.69) is 20.2 Å². The Balaban J connectivity index is 1.22. The number of aromatic nitrogens is 2. The summed E-state index contributed by atoms with van der Waals surface area (Å²) >= 11 is 0. The Morgan fingerprint density at radius 1 is 1.22 bits per heavy atom. The van der Waals surface area contributed by atoms with Crippen molar-refractivity contribution in [3.8, 4) is 11.5 Å². The quantitative estimate of drug-likeness (QED) is 0.818. The maximum Gasteiger partial charge on any atom is 0.244 e. The van der Waals surface area contributed by atoms with Gasteiger partial charge < -0.3 is 19.7 Å². The molecule has 2 aromatic rings. The zero-order valence-corrected chi connectivity index (χ0v) is 15.0. The minimum absolute atomic E-state index is 0.0796. The van der Waals surface area contributed by atoms with E-state index in [1.807, 2.05) is 18.2 Å². The molecule has 7 heteroatoms. The van der Waals surface area contributed by atoms with Crippen LogP contribution < -0.4 is 19.7 Å². The molecule has 0 bridgehead atoms. The Hall–Kier alpha value is -3.09. The second kappa shape index (κ2) is 8.07. The van der Waals surface area contributed by atoms with Crippen LogP contribution in [0.15, 0.2) is 42.9 Å². The van der Waals surface area contributed by atoms with Gasteiger partial charge in [0.05, 0.1) is 6.20 Å². The van der Waals surface area contributed by atoms with Crippen molar-refractivity contribution in [3.63, 3.8) is 0 Å². The van der Waals surface area contributed by atoms with Crippen LogP contribution in [-0.4, -0.2) is 42.3 Å². The molecular weight excluding hydrogens is 344 g/mol. The first-order valence-electron chi connectivity index (χ1n) is 9.14. The monoisotopic (exact) mass is 366 g/mol. The van der Waals surface area contributed by atoms with Gasteiger partial charge >= 0.3 is 0 Å². The van der Waals surface area contributed by atoms with Crippen LogP contribution in [0.4, 0.5) is 5.82 Å². The summed E-state index contributed by atoms with van der Waals surface area (Å²) in [5.74, 6) is 2.79. The molecule has 140 valence electrons. The van der Waals surface area contributed by atoms with Gasteiger partial charge in [0.25, 0.3) is 0 Å². The zero-order valence-electron chi connectivity index (χ0n) is 15.0. The van der Waals surface area contributed by atoms with E-state index >= 15 is 0 Å². The topological polar surface area (TPSA) is 76.6 Å². The van der Waals surface area contributed by atoms with Gasteiger partial charge in [0.15, 0.2) is 11.5 Å². The molecule has 1 fully saturated rings. The third-order valence-electron chi connectivity index (χ3n) is 4.88. The standard InChI is InChI=1S/C20H22N4O3/c25-20(4-2-15-1-3-17-18(11-15)27-14-26-17)23-12-16-5-9-24(10-6-16)19-13-21-7-8-22-19/h1-4,7-8,11,13,16H,5-6,9-10,12,14H2,(H,23,25)/b4-2+. The first-order chi connectivity index (χ1) is 13.3. The molecule has 1 aromatic heterocycles. The van der Waals surface area contributed by atoms with Gasteiger partial charge in [-0.2, -0.15) is 0 Å². The molecule has 0 radical (unpaired) electrons. The molecule has 1 saturated heterocycles. The van der Waals surface area contributed by atoms with Crippen molar-refractivity contribution >= 4 is 17.8 Å². The van der Waals surface area contributed by atoms with Crippen molar-refractivity contribution in [2.75, 3.05) is 31.3 Å². The first kappa shape index (κ1) is 17.3. The summed E-state index contributed by atoms with van der Waals surface area (Å²) in [5, 5.41) is 3.00. The van der Waals surface area contributed by atoms with Gasteiger partial charge in [-0.1, -0.05) is 6.07 Å². The molecule has 4 rings (SSSR count). The average Bonchev–Trinajstić information content (AvgIpc) is 3.19. The number of amides is 1. The van der Waals surface area contributed by atoms with E-state index < -0.39 is 0 Å². The van der Waals surface area contributed by atoms with Crippen LogP contribution >= 0.6 is 0 Å². The van der Waals surface area contributed by atoms with Gasteiger partial charge in [0.1, 0.15) is 5.82 Å². The van der Waals surface area contributed by atoms with Gasteiger partial charge in [-0.3, -0.25) is 9.78 Å². The van der Waals surface area contributed by atoms with Crippen LogP contribution in [0.5, 0.6) is 11.5 Å². The molecular formula is C20H22N4O3. The van der Waals surface area contributed by atoms with Crippen molar-refractivity contribution in [1.82, 2.24) is 15.3 Å². The maximum absolute atomic E-state index is 12.1. The normalized spacial score (nSPS) is 16.7. The number of benzene rings is 1. The molecule has 0 atom stereocenters. The average molecular weight is 366 g/mol. The van der Waals surface area contributed by atoms with Gasteiger partial charge in [0, 0.05) is 38.1 Å². The summed E-state index contributed by atoms with van der Waals surface area (Å²) in [6.45, 7) is 2.82. The van der Waals surface area contributed by atoms with Gasteiger partial charge in [-0.15, -0.1) is 0 Å². The number of carbonyl (C=O) groups is 1. The van der Waals surface area contributed by atoms with Gasteiger partial charge in [-0.05, 0) is 42.5 Å².